The summed E-state index contributed by atoms with van der Waals surface area (Å²) in [5.74, 6) is 1.04. The van der Waals surface area contributed by atoms with Crippen molar-refractivity contribution in [1.29, 1.82) is 0 Å². The predicted molar refractivity (Wildman–Crippen MR) is 76.7 cm³/mol. The van der Waals surface area contributed by atoms with Gasteiger partial charge in [0.15, 0.2) is 5.78 Å². The van der Waals surface area contributed by atoms with Crippen LogP contribution in [0.1, 0.15) is 36.8 Å². The Kier molecular flexibility index (Phi) is 4.97. The summed E-state index contributed by atoms with van der Waals surface area (Å²) in [6, 6.07) is 6.52. The molecule has 3 heteroatoms. The fourth-order valence-electron chi connectivity index (χ4n) is 2.71. The van der Waals surface area contributed by atoms with Gasteiger partial charge < -0.3 is 10.1 Å². The second kappa shape index (κ2) is 6.71. The number of Topliss-reactive ketones (excluding diaryl/α,β-unsaturated/α-hetero) is 1. The highest BCUT2D eigenvalue weighted by molar-refractivity contribution is 5.83. The minimum atomic E-state index is 0.232. The van der Waals surface area contributed by atoms with Crippen molar-refractivity contribution >= 4 is 5.78 Å². The van der Waals surface area contributed by atoms with Gasteiger partial charge in [-0.2, -0.15) is 0 Å². The van der Waals surface area contributed by atoms with E-state index in [-0.39, 0.29) is 5.78 Å². The van der Waals surface area contributed by atoms with E-state index in [4.69, 9.17) is 4.74 Å². The number of hydrogen-bond acceptors (Lipinski definition) is 3. The molecule has 104 valence electrons. The van der Waals surface area contributed by atoms with Crippen LogP contribution < -0.4 is 10.1 Å². The summed E-state index contributed by atoms with van der Waals surface area (Å²) in [4.78, 5) is 12.0. The predicted octanol–water partition coefficient (Wildman–Crippen LogP) is 2.65. The first-order valence-corrected chi connectivity index (χ1v) is 7.07. The highest BCUT2D eigenvalue weighted by Gasteiger charge is 2.16. The molecule has 0 bridgehead atoms. The number of nitrogens with one attached hydrogen (secondary N) is 1. The van der Waals surface area contributed by atoms with E-state index in [0.29, 0.717) is 19.0 Å². The lowest BCUT2D eigenvalue weighted by atomic mass is 10.0. The van der Waals surface area contributed by atoms with E-state index in [1.807, 2.05) is 25.1 Å². The maximum Gasteiger partial charge on any atom is 0.151 e. The molecule has 19 heavy (non-hydrogen) atoms. The lowest BCUT2D eigenvalue weighted by Crippen LogP contribution is -2.32. The van der Waals surface area contributed by atoms with Crippen molar-refractivity contribution < 1.29 is 9.53 Å². The van der Waals surface area contributed by atoms with Crippen molar-refractivity contribution in [2.45, 2.75) is 45.1 Å². The molecule has 3 nitrogen and oxygen atoms in total. The topological polar surface area (TPSA) is 38.3 Å². The van der Waals surface area contributed by atoms with E-state index in [9.17, 15) is 4.79 Å². The average molecular weight is 261 g/mol. The van der Waals surface area contributed by atoms with Crippen molar-refractivity contribution in [1.82, 2.24) is 5.32 Å². The average Bonchev–Trinajstić information content (AvgIpc) is 2.90. The van der Waals surface area contributed by atoms with Crippen molar-refractivity contribution in [3.05, 3.63) is 29.3 Å². The first-order valence-electron chi connectivity index (χ1n) is 7.07. The number of rotatable bonds is 6. The first-order chi connectivity index (χ1) is 9.19. The molecule has 0 aliphatic heterocycles. The number of ketones is 1. The fourth-order valence-corrected chi connectivity index (χ4v) is 2.71. The molecule has 1 N–H and O–H groups in total. The molecule has 0 radical (unpaired) electrons. The van der Waals surface area contributed by atoms with Crippen molar-refractivity contribution in [3.63, 3.8) is 0 Å². The summed E-state index contributed by atoms with van der Waals surface area (Å²) in [6.45, 7) is 2.51. The van der Waals surface area contributed by atoms with Gasteiger partial charge in [0.1, 0.15) is 5.75 Å². The Bertz CT molecular complexity index is 436. The van der Waals surface area contributed by atoms with Gasteiger partial charge in [-0.05, 0) is 25.8 Å². The van der Waals surface area contributed by atoms with Crippen molar-refractivity contribution in [2.24, 2.45) is 0 Å². The van der Waals surface area contributed by atoms with Gasteiger partial charge in [0.2, 0.25) is 0 Å². The number of hydrogen-bond donors (Lipinski definition) is 1. The molecule has 0 spiro atoms. The van der Waals surface area contributed by atoms with E-state index >= 15 is 0 Å². The number of carbonyl (C=O) groups is 1. The second-order valence-electron chi connectivity index (χ2n) is 5.39. The first kappa shape index (κ1) is 14.1. The van der Waals surface area contributed by atoms with Crippen LogP contribution in [-0.4, -0.2) is 25.5 Å². The highest BCUT2D eigenvalue weighted by Crippen LogP contribution is 2.21. The maximum absolute atomic E-state index is 12.0. The third kappa shape index (κ3) is 4.06. The number of carbonyl (C=O) groups excluding carboxylic acids is 1. The summed E-state index contributed by atoms with van der Waals surface area (Å²) in [6.07, 6.45) is 5.45. The number of benzene rings is 1. The zero-order valence-electron chi connectivity index (χ0n) is 11.9. The van der Waals surface area contributed by atoms with Crippen LogP contribution in [0.5, 0.6) is 5.75 Å². The zero-order chi connectivity index (χ0) is 13.7. The minimum Gasteiger partial charge on any atom is -0.496 e. The van der Waals surface area contributed by atoms with E-state index < -0.39 is 0 Å². The molecule has 1 saturated carbocycles. The van der Waals surface area contributed by atoms with Crippen LogP contribution >= 0.6 is 0 Å². The summed E-state index contributed by atoms with van der Waals surface area (Å²) >= 11 is 0. The van der Waals surface area contributed by atoms with Gasteiger partial charge in [0, 0.05) is 18.0 Å². The van der Waals surface area contributed by atoms with Crippen LogP contribution in [0.3, 0.4) is 0 Å². The Balaban J connectivity index is 1.88. The zero-order valence-corrected chi connectivity index (χ0v) is 11.9. The largest absolute Gasteiger partial charge is 0.496 e. The van der Waals surface area contributed by atoms with Crippen LogP contribution in [0.2, 0.25) is 0 Å². The Morgan fingerprint density at radius 2 is 2.11 bits per heavy atom. The van der Waals surface area contributed by atoms with Gasteiger partial charge >= 0.3 is 0 Å². The molecule has 1 aliphatic carbocycles. The SMILES string of the molecule is COc1ccc(C)cc1CC(=O)CNC1CCCC1. The molecule has 0 heterocycles. The Morgan fingerprint density at radius 1 is 1.37 bits per heavy atom. The monoisotopic (exact) mass is 261 g/mol. The molecule has 1 fully saturated rings. The molecule has 0 amide bonds. The van der Waals surface area contributed by atoms with E-state index in [2.05, 4.69) is 5.32 Å². The van der Waals surface area contributed by atoms with Gasteiger partial charge in [0.25, 0.3) is 0 Å². The standard InChI is InChI=1S/C16H23NO2/c1-12-7-8-16(19-2)13(9-12)10-15(18)11-17-14-5-3-4-6-14/h7-9,14,17H,3-6,10-11H2,1-2H3. The number of ether oxygens (including phenoxy) is 1. The summed E-state index contributed by atoms with van der Waals surface area (Å²) < 4.78 is 5.31. The molecule has 1 aromatic rings. The van der Waals surface area contributed by atoms with Crippen LogP contribution in [0.4, 0.5) is 0 Å². The molecular formula is C16H23NO2. The quantitative estimate of drug-likeness (QED) is 0.855. The Labute approximate surface area is 115 Å². The third-order valence-corrected chi connectivity index (χ3v) is 3.77. The fraction of sp³-hybridized carbons (Fsp3) is 0.562. The third-order valence-electron chi connectivity index (χ3n) is 3.77. The molecule has 0 unspecified atom stereocenters. The van der Waals surface area contributed by atoms with Crippen LogP contribution in [0.15, 0.2) is 18.2 Å². The molecule has 2 rings (SSSR count). The molecule has 0 atom stereocenters. The lowest BCUT2D eigenvalue weighted by molar-refractivity contribution is -0.117. The van der Waals surface area contributed by atoms with Gasteiger partial charge in [-0.15, -0.1) is 0 Å². The summed E-state index contributed by atoms with van der Waals surface area (Å²) in [7, 11) is 1.65. The maximum atomic E-state index is 12.0. The Hall–Kier alpha value is -1.35. The molecule has 1 aromatic carbocycles. The van der Waals surface area contributed by atoms with Gasteiger partial charge in [-0.25, -0.2) is 0 Å². The normalized spacial score (nSPS) is 15.7. The molecular weight excluding hydrogens is 238 g/mol. The van der Waals surface area contributed by atoms with Crippen molar-refractivity contribution in [3.8, 4) is 5.75 Å². The smallest absolute Gasteiger partial charge is 0.151 e. The van der Waals surface area contributed by atoms with Crippen molar-refractivity contribution in [2.75, 3.05) is 13.7 Å². The number of aryl methyl sites for hydroxylation is 1. The van der Waals surface area contributed by atoms with Gasteiger partial charge in [0.05, 0.1) is 13.7 Å². The van der Waals surface area contributed by atoms with Gasteiger partial charge in [-0.1, -0.05) is 30.5 Å². The van der Waals surface area contributed by atoms with E-state index in [1.54, 1.807) is 7.11 Å². The number of methoxy groups -OCH3 is 1. The van der Waals surface area contributed by atoms with Crippen LogP contribution in [0.25, 0.3) is 0 Å². The van der Waals surface area contributed by atoms with Crippen LogP contribution in [0, 0.1) is 6.92 Å². The van der Waals surface area contributed by atoms with Gasteiger partial charge in [-0.3, -0.25) is 4.79 Å². The molecule has 0 aromatic heterocycles. The summed E-state index contributed by atoms with van der Waals surface area (Å²) in [5, 5.41) is 3.36. The highest BCUT2D eigenvalue weighted by atomic mass is 16.5. The van der Waals surface area contributed by atoms with E-state index in [1.165, 1.54) is 25.7 Å². The molecule has 1 aliphatic rings. The Morgan fingerprint density at radius 3 is 2.79 bits per heavy atom. The lowest BCUT2D eigenvalue weighted by Gasteiger charge is -2.12. The molecule has 0 saturated heterocycles. The second-order valence-corrected chi connectivity index (χ2v) is 5.39. The van der Waals surface area contributed by atoms with Crippen LogP contribution in [-0.2, 0) is 11.2 Å². The minimum absolute atomic E-state index is 0.232. The van der Waals surface area contributed by atoms with E-state index in [0.717, 1.165) is 16.9 Å². The summed E-state index contributed by atoms with van der Waals surface area (Å²) in [5.41, 5.74) is 2.15.